The van der Waals surface area contributed by atoms with Crippen molar-refractivity contribution in [1.29, 1.82) is 0 Å². The van der Waals surface area contributed by atoms with Crippen LogP contribution in [0.3, 0.4) is 0 Å². The van der Waals surface area contributed by atoms with E-state index in [-0.39, 0.29) is 17.0 Å². The lowest BCUT2D eigenvalue weighted by Gasteiger charge is -2.17. The number of amides is 1. The number of aryl methyl sites for hydroxylation is 2. The molecule has 1 aliphatic heterocycles. The van der Waals surface area contributed by atoms with Gasteiger partial charge in [-0.15, -0.1) is 11.8 Å². The number of fused-ring (bicyclic) bond motifs is 1. The van der Waals surface area contributed by atoms with E-state index in [1.165, 1.54) is 23.3 Å². The molecule has 0 spiro atoms. The molecule has 4 nitrogen and oxygen atoms in total. The maximum atomic E-state index is 13.3. The maximum Gasteiger partial charge on any atom is 0.235 e. The number of anilines is 1. The highest BCUT2D eigenvalue weighted by atomic mass is 32.2. The van der Waals surface area contributed by atoms with Crippen LogP contribution in [0.15, 0.2) is 48.5 Å². The number of aromatic nitrogens is 2. The van der Waals surface area contributed by atoms with Gasteiger partial charge in [-0.05, 0) is 49.2 Å². The number of nitrogens with zero attached hydrogens (tertiary/aromatic N) is 2. The summed E-state index contributed by atoms with van der Waals surface area (Å²) in [6, 6.07) is 14.3. The van der Waals surface area contributed by atoms with E-state index in [1.54, 1.807) is 28.6 Å². The summed E-state index contributed by atoms with van der Waals surface area (Å²) in [5.41, 5.74) is 4.93. The molecule has 0 fully saturated rings. The molecule has 0 saturated heterocycles. The molecular formula is C20H18FN3OS. The molecule has 1 aromatic heterocycles. The zero-order valence-electron chi connectivity index (χ0n) is 14.5. The van der Waals surface area contributed by atoms with Crippen LogP contribution in [0.1, 0.15) is 27.6 Å². The number of halogens is 1. The topological polar surface area (TPSA) is 46.9 Å². The Balaban J connectivity index is 1.91. The van der Waals surface area contributed by atoms with Crippen LogP contribution in [-0.4, -0.2) is 21.4 Å². The molecule has 0 aliphatic carbocycles. The molecule has 1 aliphatic rings. The molecule has 1 atom stereocenters. The fourth-order valence-electron chi connectivity index (χ4n) is 3.28. The summed E-state index contributed by atoms with van der Waals surface area (Å²) < 4.78 is 15.0. The number of hydrogen-bond acceptors (Lipinski definition) is 3. The number of benzene rings is 2. The molecule has 0 bridgehead atoms. The third-order valence-electron chi connectivity index (χ3n) is 4.55. The van der Waals surface area contributed by atoms with Gasteiger partial charge in [0, 0.05) is 5.56 Å². The molecular weight excluding hydrogens is 349 g/mol. The van der Waals surface area contributed by atoms with E-state index in [0.29, 0.717) is 17.3 Å². The van der Waals surface area contributed by atoms with Crippen LogP contribution < -0.4 is 5.32 Å². The SMILES string of the molecule is Cc1ccccc1[C@H]1SCC(=O)Nc2c1c(C)nn2-c1ccc(F)cc1. The Morgan fingerprint density at radius 3 is 2.62 bits per heavy atom. The smallest absolute Gasteiger partial charge is 0.235 e. The summed E-state index contributed by atoms with van der Waals surface area (Å²) in [4.78, 5) is 12.3. The van der Waals surface area contributed by atoms with Gasteiger partial charge in [-0.3, -0.25) is 4.79 Å². The average molecular weight is 367 g/mol. The first kappa shape index (κ1) is 16.8. The quantitative estimate of drug-likeness (QED) is 0.730. The van der Waals surface area contributed by atoms with Crippen LogP contribution in [0, 0.1) is 19.7 Å². The minimum atomic E-state index is -0.305. The monoisotopic (exact) mass is 367 g/mol. The van der Waals surface area contributed by atoms with Crippen LogP contribution in [0.4, 0.5) is 10.2 Å². The fourth-order valence-corrected chi connectivity index (χ4v) is 4.56. The first-order valence-electron chi connectivity index (χ1n) is 8.37. The third-order valence-corrected chi connectivity index (χ3v) is 5.80. The second-order valence-corrected chi connectivity index (χ2v) is 7.43. The van der Waals surface area contributed by atoms with Crippen molar-refractivity contribution in [3.63, 3.8) is 0 Å². The molecule has 3 aromatic rings. The van der Waals surface area contributed by atoms with Crippen molar-refractivity contribution in [2.24, 2.45) is 0 Å². The molecule has 2 aromatic carbocycles. The van der Waals surface area contributed by atoms with Crippen LogP contribution in [0.2, 0.25) is 0 Å². The molecule has 2 heterocycles. The van der Waals surface area contributed by atoms with Gasteiger partial charge in [0.15, 0.2) is 0 Å². The van der Waals surface area contributed by atoms with Gasteiger partial charge in [0.05, 0.1) is 22.4 Å². The second-order valence-electron chi connectivity index (χ2n) is 6.33. The van der Waals surface area contributed by atoms with E-state index in [9.17, 15) is 9.18 Å². The Kier molecular flexibility index (Phi) is 4.28. The molecule has 1 N–H and O–H groups in total. The molecule has 1 amide bonds. The fraction of sp³-hybridized carbons (Fsp3) is 0.200. The van der Waals surface area contributed by atoms with Crippen molar-refractivity contribution in [2.75, 3.05) is 11.1 Å². The Morgan fingerprint density at radius 1 is 1.15 bits per heavy atom. The minimum absolute atomic E-state index is 0.0133. The molecule has 6 heteroatoms. The maximum absolute atomic E-state index is 13.3. The molecule has 26 heavy (non-hydrogen) atoms. The van der Waals surface area contributed by atoms with E-state index in [1.807, 2.05) is 19.1 Å². The van der Waals surface area contributed by atoms with E-state index < -0.39 is 0 Å². The summed E-state index contributed by atoms with van der Waals surface area (Å²) in [6.07, 6.45) is 0. The van der Waals surface area contributed by atoms with E-state index in [2.05, 4.69) is 29.5 Å². The van der Waals surface area contributed by atoms with Crippen molar-refractivity contribution in [1.82, 2.24) is 9.78 Å². The number of thioether (sulfide) groups is 1. The summed E-state index contributed by atoms with van der Waals surface area (Å²) in [5, 5.41) is 7.64. The highest BCUT2D eigenvalue weighted by Gasteiger charge is 2.31. The first-order valence-corrected chi connectivity index (χ1v) is 9.42. The van der Waals surface area contributed by atoms with Gasteiger partial charge in [-0.2, -0.15) is 5.10 Å². The normalized spacial score (nSPS) is 16.7. The van der Waals surface area contributed by atoms with Crippen LogP contribution >= 0.6 is 11.8 Å². The summed E-state index contributed by atoms with van der Waals surface area (Å²) >= 11 is 1.60. The number of hydrogen-bond donors (Lipinski definition) is 1. The molecule has 0 unspecified atom stereocenters. The molecule has 0 radical (unpaired) electrons. The lowest BCUT2D eigenvalue weighted by Crippen LogP contribution is -2.15. The number of carbonyl (C=O) groups is 1. The summed E-state index contributed by atoms with van der Waals surface area (Å²) in [7, 11) is 0. The zero-order valence-corrected chi connectivity index (χ0v) is 15.3. The largest absolute Gasteiger partial charge is 0.310 e. The van der Waals surface area contributed by atoms with Crippen molar-refractivity contribution < 1.29 is 9.18 Å². The van der Waals surface area contributed by atoms with Crippen molar-refractivity contribution in [3.05, 3.63) is 76.7 Å². The van der Waals surface area contributed by atoms with Gasteiger partial charge in [0.1, 0.15) is 11.6 Å². The highest BCUT2D eigenvalue weighted by molar-refractivity contribution is 8.00. The van der Waals surface area contributed by atoms with Gasteiger partial charge in [-0.25, -0.2) is 9.07 Å². The summed E-state index contributed by atoms with van der Waals surface area (Å²) in [6.45, 7) is 4.03. The first-order chi connectivity index (χ1) is 12.5. The number of carbonyl (C=O) groups excluding carboxylic acids is 1. The minimum Gasteiger partial charge on any atom is -0.310 e. The Labute approximate surface area is 155 Å². The van der Waals surface area contributed by atoms with Crippen LogP contribution in [0.25, 0.3) is 5.69 Å². The van der Waals surface area contributed by atoms with Crippen molar-refractivity contribution in [3.8, 4) is 5.69 Å². The molecule has 4 rings (SSSR count). The Hall–Kier alpha value is -2.60. The average Bonchev–Trinajstić information content (AvgIpc) is 2.83. The van der Waals surface area contributed by atoms with Gasteiger partial charge in [-0.1, -0.05) is 24.3 Å². The second kappa shape index (κ2) is 6.61. The van der Waals surface area contributed by atoms with Gasteiger partial charge < -0.3 is 5.32 Å². The van der Waals surface area contributed by atoms with Crippen LogP contribution in [0.5, 0.6) is 0 Å². The van der Waals surface area contributed by atoms with Gasteiger partial charge in [0.25, 0.3) is 0 Å². The highest BCUT2D eigenvalue weighted by Crippen LogP contribution is 2.44. The van der Waals surface area contributed by atoms with Gasteiger partial charge >= 0.3 is 0 Å². The lowest BCUT2D eigenvalue weighted by atomic mass is 10.00. The number of nitrogens with one attached hydrogen (secondary N) is 1. The molecule has 0 saturated carbocycles. The molecule has 132 valence electrons. The van der Waals surface area contributed by atoms with Gasteiger partial charge in [0.2, 0.25) is 5.91 Å². The summed E-state index contributed by atoms with van der Waals surface area (Å²) in [5.74, 6) is 0.672. The van der Waals surface area contributed by atoms with Crippen LogP contribution in [-0.2, 0) is 4.79 Å². The zero-order chi connectivity index (χ0) is 18.3. The predicted octanol–water partition coefficient (Wildman–Crippen LogP) is 4.40. The Bertz CT molecular complexity index is 981. The van der Waals surface area contributed by atoms with E-state index in [4.69, 9.17) is 0 Å². The lowest BCUT2D eigenvalue weighted by molar-refractivity contribution is -0.113. The standard InChI is InChI=1S/C20H18FN3OS/c1-12-5-3-4-6-16(12)19-18-13(2)23-24(15-9-7-14(21)8-10-15)20(18)22-17(25)11-26-19/h3-10,19H,11H2,1-2H3,(H,22,25)/t19-/m1/s1. The van der Waals surface area contributed by atoms with E-state index >= 15 is 0 Å². The Morgan fingerprint density at radius 2 is 1.88 bits per heavy atom. The van der Waals surface area contributed by atoms with Crippen molar-refractivity contribution in [2.45, 2.75) is 19.1 Å². The predicted molar refractivity (Wildman–Crippen MR) is 102 cm³/mol. The number of rotatable bonds is 2. The third kappa shape index (κ3) is 2.90. The van der Waals surface area contributed by atoms with Crippen molar-refractivity contribution >= 4 is 23.5 Å². The van der Waals surface area contributed by atoms with E-state index in [0.717, 1.165) is 11.3 Å².